The van der Waals surface area contributed by atoms with E-state index in [4.69, 9.17) is 5.73 Å². The highest BCUT2D eigenvalue weighted by Crippen LogP contribution is 2.18. The first-order valence-electron chi connectivity index (χ1n) is 6.42. The predicted molar refractivity (Wildman–Crippen MR) is 70.2 cm³/mol. The number of nitrogens with one attached hydrogen (secondary N) is 2. The highest BCUT2D eigenvalue weighted by molar-refractivity contribution is 5.96. The number of piperidine rings is 1. The van der Waals surface area contributed by atoms with Crippen molar-refractivity contribution in [3.63, 3.8) is 0 Å². The molecule has 1 saturated heterocycles. The van der Waals surface area contributed by atoms with E-state index >= 15 is 0 Å². The average molecular weight is 251 g/mol. The third kappa shape index (κ3) is 3.22. The molecular weight excluding hydrogens is 230 g/mol. The predicted octanol–water partition coefficient (Wildman–Crippen LogP) is 0.454. The molecule has 1 aromatic heterocycles. The minimum atomic E-state index is -0.169. The summed E-state index contributed by atoms with van der Waals surface area (Å²) in [6, 6.07) is 0. The van der Waals surface area contributed by atoms with E-state index in [0.717, 1.165) is 25.4 Å². The Hall–Kier alpha value is -1.56. The van der Waals surface area contributed by atoms with E-state index in [-0.39, 0.29) is 5.91 Å². The van der Waals surface area contributed by atoms with Gasteiger partial charge in [0.1, 0.15) is 5.69 Å². The van der Waals surface area contributed by atoms with Crippen LogP contribution in [0.15, 0.2) is 6.20 Å². The van der Waals surface area contributed by atoms with E-state index in [1.165, 1.54) is 19.0 Å². The number of amides is 1. The Labute approximate surface area is 107 Å². The number of nitrogen functional groups attached to an aromatic ring is 1. The Balaban J connectivity index is 1.69. The van der Waals surface area contributed by atoms with E-state index in [9.17, 15) is 4.79 Å². The Morgan fingerprint density at radius 1 is 1.61 bits per heavy atom. The van der Waals surface area contributed by atoms with E-state index in [2.05, 4.69) is 27.5 Å². The smallest absolute Gasteiger partial charge is 0.271 e. The minimum absolute atomic E-state index is 0.169. The summed E-state index contributed by atoms with van der Waals surface area (Å²) in [6.45, 7) is 3.02. The van der Waals surface area contributed by atoms with Gasteiger partial charge in [-0.2, -0.15) is 5.10 Å². The maximum atomic E-state index is 11.7. The average Bonchev–Trinajstić information content (AvgIpc) is 2.78. The molecule has 0 saturated carbocycles. The van der Waals surface area contributed by atoms with Gasteiger partial charge in [0, 0.05) is 6.54 Å². The zero-order chi connectivity index (χ0) is 13.0. The summed E-state index contributed by atoms with van der Waals surface area (Å²) in [6.07, 6.45) is 4.93. The number of likely N-dealkylation sites (tertiary alicyclic amines) is 1. The Morgan fingerprint density at radius 3 is 2.94 bits per heavy atom. The van der Waals surface area contributed by atoms with Gasteiger partial charge < -0.3 is 16.0 Å². The van der Waals surface area contributed by atoms with E-state index in [1.54, 1.807) is 0 Å². The molecule has 0 bridgehead atoms. The van der Waals surface area contributed by atoms with Gasteiger partial charge in [-0.1, -0.05) is 0 Å². The summed E-state index contributed by atoms with van der Waals surface area (Å²) >= 11 is 0. The van der Waals surface area contributed by atoms with Crippen molar-refractivity contribution in [3.05, 3.63) is 11.9 Å². The Kier molecular flexibility index (Phi) is 4.19. The van der Waals surface area contributed by atoms with Crippen LogP contribution in [-0.4, -0.2) is 47.7 Å². The number of anilines is 1. The van der Waals surface area contributed by atoms with Crippen molar-refractivity contribution in [2.24, 2.45) is 5.92 Å². The number of rotatable bonds is 4. The fourth-order valence-corrected chi connectivity index (χ4v) is 2.31. The Bertz CT molecular complexity index is 395. The number of aromatic nitrogens is 2. The third-order valence-corrected chi connectivity index (χ3v) is 3.57. The van der Waals surface area contributed by atoms with Crippen LogP contribution in [0.2, 0.25) is 0 Å². The molecular formula is C12H21N5O. The minimum Gasteiger partial charge on any atom is -0.396 e. The number of nitrogens with two attached hydrogens (primary N) is 1. The van der Waals surface area contributed by atoms with E-state index in [1.807, 2.05) is 0 Å². The summed E-state index contributed by atoms with van der Waals surface area (Å²) in [5.74, 6) is 0.554. The van der Waals surface area contributed by atoms with Gasteiger partial charge in [-0.3, -0.25) is 9.89 Å². The molecule has 1 amide bonds. The van der Waals surface area contributed by atoms with Crippen LogP contribution in [0.1, 0.15) is 29.8 Å². The van der Waals surface area contributed by atoms with Gasteiger partial charge in [0.15, 0.2) is 0 Å². The van der Waals surface area contributed by atoms with Crippen molar-refractivity contribution in [2.45, 2.75) is 19.3 Å². The topological polar surface area (TPSA) is 87.0 Å². The normalized spacial score (nSPS) is 17.8. The van der Waals surface area contributed by atoms with E-state index in [0.29, 0.717) is 17.9 Å². The molecule has 2 heterocycles. The van der Waals surface area contributed by atoms with E-state index < -0.39 is 0 Å². The van der Waals surface area contributed by atoms with Crippen molar-refractivity contribution < 1.29 is 4.79 Å². The number of carbonyl (C=O) groups is 1. The molecule has 0 radical (unpaired) electrons. The molecule has 6 nitrogen and oxygen atoms in total. The summed E-state index contributed by atoms with van der Waals surface area (Å²) in [5, 5.41) is 9.22. The lowest BCUT2D eigenvalue weighted by molar-refractivity contribution is 0.0945. The number of H-pyrrole nitrogens is 1. The maximum Gasteiger partial charge on any atom is 0.271 e. The second-order valence-electron chi connectivity index (χ2n) is 4.99. The number of aromatic amines is 1. The van der Waals surface area contributed by atoms with Crippen LogP contribution < -0.4 is 11.1 Å². The fourth-order valence-electron chi connectivity index (χ4n) is 2.31. The number of hydrogen-bond acceptors (Lipinski definition) is 4. The van der Waals surface area contributed by atoms with Crippen molar-refractivity contribution in [1.82, 2.24) is 20.4 Å². The van der Waals surface area contributed by atoms with Crippen LogP contribution in [0.5, 0.6) is 0 Å². The standard InChI is InChI=1S/C12H21N5O/c1-17-6-3-9(4-7-17)2-5-14-12(18)11-10(13)8-15-16-11/h8-9H,2-7,13H2,1H3,(H,14,18)(H,15,16). The Morgan fingerprint density at radius 2 is 2.33 bits per heavy atom. The van der Waals surface area contributed by atoms with Gasteiger partial charge in [0.05, 0.1) is 11.9 Å². The van der Waals surface area contributed by atoms with Crippen LogP contribution in [0.4, 0.5) is 5.69 Å². The van der Waals surface area contributed by atoms with Gasteiger partial charge in [-0.25, -0.2) is 0 Å². The zero-order valence-corrected chi connectivity index (χ0v) is 10.8. The van der Waals surface area contributed by atoms with Gasteiger partial charge in [0.2, 0.25) is 0 Å². The third-order valence-electron chi connectivity index (χ3n) is 3.57. The van der Waals surface area contributed by atoms with Crippen LogP contribution in [0.3, 0.4) is 0 Å². The molecule has 1 aliphatic rings. The van der Waals surface area contributed by atoms with Gasteiger partial charge in [0.25, 0.3) is 5.91 Å². The van der Waals surface area contributed by atoms with Gasteiger partial charge in [-0.05, 0) is 45.3 Å². The molecule has 0 aliphatic carbocycles. The molecule has 0 atom stereocenters. The van der Waals surface area contributed by atoms with Crippen LogP contribution in [0, 0.1) is 5.92 Å². The second-order valence-corrected chi connectivity index (χ2v) is 4.99. The van der Waals surface area contributed by atoms with Crippen molar-refractivity contribution in [2.75, 3.05) is 32.4 Å². The summed E-state index contributed by atoms with van der Waals surface area (Å²) in [7, 11) is 2.15. The van der Waals surface area contributed by atoms with Crippen LogP contribution >= 0.6 is 0 Å². The second kappa shape index (κ2) is 5.86. The number of nitrogens with zero attached hydrogens (tertiary/aromatic N) is 2. The highest BCUT2D eigenvalue weighted by Gasteiger charge is 2.17. The quantitative estimate of drug-likeness (QED) is 0.725. The first-order valence-corrected chi connectivity index (χ1v) is 6.42. The molecule has 1 fully saturated rings. The number of carbonyl (C=O) groups excluding carboxylic acids is 1. The molecule has 18 heavy (non-hydrogen) atoms. The molecule has 1 aliphatic heterocycles. The fraction of sp³-hybridized carbons (Fsp3) is 0.667. The first-order chi connectivity index (χ1) is 8.66. The molecule has 0 unspecified atom stereocenters. The monoisotopic (exact) mass is 251 g/mol. The molecule has 6 heteroatoms. The van der Waals surface area contributed by atoms with Gasteiger partial charge in [-0.15, -0.1) is 0 Å². The van der Waals surface area contributed by atoms with Gasteiger partial charge >= 0.3 is 0 Å². The van der Waals surface area contributed by atoms with Crippen molar-refractivity contribution in [3.8, 4) is 0 Å². The summed E-state index contributed by atoms with van der Waals surface area (Å²) < 4.78 is 0. The lowest BCUT2D eigenvalue weighted by atomic mass is 9.94. The number of hydrogen-bond donors (Lipinski definition) is 3. The highest BCUT2D eigenvalue weighted by atomic mass is 16.1. The van der Waals surface area contributed by atoms with Crippen molar-refractivity contribution >= 4 is 11.6 Å². The molecule has 100 valence electrons. The first kappa shape index (κ1) is 12.9. The zero-order valence-electron chi connectivity index (χ0n) is 10.8. The molecule has 0 aromatic carbocycles. The van der Waals surface area contributed by atoms with Crippen LogP contribution in [0.25, 0.3) is 0 Å². The molecule has 1 aromatic rings. The lowest BCUT2D eigenvalue weighted by Crippen LogP contribution is -2.33. The van der Waals surface area contributed by atoms with Crippen molar-refractivity contribution in [1.29, 1.82) is 0 Å². The SMILES string of the molecule is CN1CCC(CCNC(=O)c2[nH]ncc2N)CC1. The molecule has 2 rings (SSSR count). The largest absolute Gasteiger partial charge is 0.396 e. The molecule has 0 spiro atoms. The summed E-state index contributed by atoms with van der Waals surface area (Å²) in [5.41, 5.74) is 6.37. The molecule has 4 N–H and O–H groups in total. The lowest BCUT2D eigenvalue weighted by Gasteiger charge is -2.28. The summed E-state index contributed by atoms with van der Waals surface area (Å²) in [4.78, 5) is 14.1. The maximum absolute atomic E-state index is 11.7. The van der Waals surface area contributed by atoms with Crippen LogP contribution in [-0.2, 0) is 0 Å².